The summed E-state index contributed by atoms with van der Waals surface area (Å²) in [5, 5.41) is 10.1. The molecule has 3 rings (SSSR count). The molecule has 0 spiro atoms. The number of benzene rings is 2. The van der Waals surface area contributed by atoms with Crippen molar-refractivity contribution in [1.82, 2.24) is 10.3 Å². The molecule has 7 nitrogen and oxygen atoms in total. The van der Waals surface area contributed by atoms with Crippen molar-refractivity contribution in [2.24, 2.45) is 0 Å². The summed E-state index contributed by atoms with van der Waals surface area (Å²) < 4.78 is 28.8. The zero-order chi connectivity index (χ0) is 18.5. The van der Waals surface area contributed by atoms with Crippen LogP contribution in [0.5, 0.6) is 11.5 Å². The number of hydrogen-bond acceptors (Lipinski definition) is 6. The summed E-state index contributed by atoms with van der Waals surface area (Å²) in [5.41, 5.74) is 1.05. The van der Waals surface area contributed by atoms with Gasteiger partial charge in [-0.05, 0) is 53.6 Å². The highest BCUT2D eigenvalue weighted by Gasteiger charge is 2.21. The fourth-order valence-corrected chi connectivity index (χ4v) is 2.21. The van der Waals surface area contributed by atoms with Crippen LogP contribution in [-0.2, 0) is 4.79 Å². The number of rotatable bonds is 6. The Morgan fingerprint density at radius 1 is 1.15 bits per heavy atom. The Bertz CT molecular complexity index is 895. The Morgan fingerprint density at radius 2 is 1.88 bits per heavy atom. The van der Waals surface area contributed by atoms with Crippen molar-refractivity contribution in [2.75, 3.05) is 12.4 Å². The Hall–Kier alpha value is -3.42. The quantitative estimate of drug-likeness (QED) is 0.728. The van der Waals surface area contributed by atoms with Crippen LogP contribution in [0, 0.1) is 5.82 Å². The van der Waals surface area contributed by atoms with E-state index in [1.165, 1.54) is 25.1 Å². The second kappa shape index (κ2) is 7.64. The number of aromatic nitrogens is 2. The van der Waals surface area contributed by atoms with E-state index in [4.69, 9.17) is 14.1 Å². The lowest BCUT2D eigenvalue weighted by molar-refractivity contribution is -0.122. The molecule has 134 valence electrons. The van der Waals surface area contributed by atoms with E-state index >= 15 is 0 Å². The van der Waals surface area contributed by atoms with Crippen LogP contribution in [0.3, 0.4) is 0 Å². The topological polar surface area (TPSA) is 86.5 Å². The molecule has 1 heterocycles. The van der Waals surface area contributed by atoms with Crippen molar-refractivity contribution in [3.05, 3.63) is 54.3 Å². The summed E-state index contributed by atoms with van der Waals surface area (Å²) >= 11 is 0. The number of hydrogen-bond donors (Lipinski definition) is 1. The average molecular weight is 357 g/mol. The fraction of sp³-hybridized carbons (Fsp3) is 0.167. The van der Waals surface area contributed by atoms with Crippen LogP contribution >= 0.6 is 0 Å². The number of anilines is 1. The van der Waals surface area contributed by atoms with E-state index < -0.39 is 17.8 Å². The van der Waals surface area contributed by atoms with Crippen LogP contribution in [0.15, 0.2) is 53.2 Å². The summed E-state index contributed by atoms with van der Waals surface area (Å²) in [6, 6.07) is 12.9. The summed E-state index contributed by atoms with van der Waals surface area (Å²) in [5.74, 6) is -0.247. The Balaban J connectivity index is 1.72. The van der Waals surface area contributed by atoms with Gasteiger partial charge in [-0.1, -0.05) is 12.1 Å². The SMILES string of the molecule is COc1ccc(-c2nonc2NC(=O)[C@@H](C)Oc2ccccc2F)cc1. The molecule has 1 atom stereocenters. The minimum Gasteiger partial charge on any atom is -0.497 e. The smallest absolute Gasteiger partial charge is 0.266 e. The molecular weight excluding hydrogens is 341 g/mol. The molecule has 1 aromatic heterocycles. The molecule has 0 unspecified atom stereocenters. The van der Waals surface area contributed by atoms with E-state index in [1.807, 2.05) is 0 Å². The summed E-state index contributed by atoms with van der Waals surface area (Å²) in [7, 11) is 1.56. The van der Waals surface area contributed by atoms with Gasteiger partial charge < -0.3 is 14.8 Å². The van der Waals surface area contributed by atoms with Gasteiger partial charge in [0.1, 0.15) is 5.75 Å². The molecule has 0 saturated heterocycles. The van der Waals surface area contributed by atoms with E-state index in [0.29, 0.717) is 17.0 Å². The minimum absolute atomic E-state index is 0.0104. The number of carbonyl (C=O) groups is 1. The molecule has 1 N–H and O–H groups in total. The number of para-hydroxylation sites is 1. The van der Waals surface area contributed by atoms with E-state index in [-0.39, 0.29) is 11.6 Å². The molecule has 0 bridgehead atoms. The second-order valence-corrected chi connectivity index (χ2v) is 5.37. The van der Waals surface area contributed by atoms with Crippen LogP contribution in [0.25, 0.3) is 11.3 Å². The van der Waals surface area contributed by atoms with Gasteiger partial charge in [-0.2, -0.15) is 0 Å². The van der Waals surface area contributed by atoms with E-state index in [2.05, 4.69) is 15.6 Å². The lowest BCUT2D eigenvalue weighted by Gasteiger charge is -2.14. The first-order valence-electron chi connectivity index (χ1n) is 7.77. The summed E-state index contributed by atoms with van der Waals surface area (Å²) in [6.45, 7) is 1.50. The number of ether oxygens (including phenoxy) is 2. The van der Waals surface area contributed by atoms with Crippen molar-refractivity contribution in [1.29, 1.82) is 0 Å². The number of methoxy groups -OCH3 is 1. The van der Waals surface area contributed by atoms with E-state index in [1.54, 1.807) is 37.4 Å². The number of nitrogens with one attached hydrogen (secondary N) is 1. The van der Waals surface area contributed by atoms with E-state index in [0.717, 1.165) is 0 Å². The number of nitrogens with zero attached hydrogens (tertiary/aromatic N) is 2. The molecule has 8 heteroatoms. The number of halogens is 1. The largest absolute Gasteiger partial charge is 0.497 e. The third kappa shape index (κ3) is 3.80. The van der Waals surface area contributed by atoms with Gasteiger partial charge in [-0.15, -0.1) is 0 Å². The van der Waals surface area contributed by atoms with Crippen molar-refractivity contribution in [3.63, 3.8) is 0 Å². The predicted octanol–water partition coefficient (Wildman–Crippen LogP) is 3.29. The monoisotopic (exact) mass is 357 g/mol. The van der Waals surface area contributed by atoms with Gasteiger partial charge >= 0.3 is 0 Å². The molecule has 2 aromatic carbocycles. The number of carbonyl (C=O) groups excluding carboxylic acids is 1. The van der Waals surface area contributed by atoms with Crippen molar-refractivity contribution in [2.45, 2.75) is 13.0 Å². The maximum absolute atomic E-state index is 13.6. The van der Waals surface area contributed by atoms with Crippen LogP contribution < -0.4 is 14.8 Å². The van der Waals surface area contributed by atoms with Crippen molar-refractivity contribution < 1.29 is 23.3 Å². The van der Waals surface area contributed by atoms with Gasteiger partial charge in [-0.3, -0.25) is 4.79 Å². The summed E-state index contributed by atoms with van der Waals surface area (Å²) in [6.07, 6.45) is -0.952. The molecule has 3 aromatic rings. The molecule has 0 radical (unpaired) electrons. The van der Waals surface area contributed by atoms with Gasteiger partial charge in [0.25, 0.3) is 5.91 Å². The van der Waals surface area contributed by atoms with Gasteiger partial charge in [0.2, 0.25) is 5.82 Å². The fourth-order valence-electron chi connectivity index (χ4n) is 2.21. The van der Waals surface area contributed by atoms with E-state index in [9.17, 15) is 9.18 Å². The van der Waals surface area contributed by atoms with Gasteiger partial charge in [0.15, 0.2) is 23.4 Å². The molecule has 0 aliphatic heterocycles. The highest BCUT2D eigenvalue weighted by atomic mass is 19.1. The van der Waals surface area contributed by atoms with Gasteiger partial charge in [0.05, 0.1) is 7.11 Å². The third-order valence-corrected chi connectivity index (χ3v) is 3.60. The van der Waals surface area contributed by atoms with Gasteiger partial charge in [-0.25, -0.2) is 9.02 Å². The lowest BCUT2D eigenvalue weighted by atomic mass is 10.1. The molecule has 0 fully saturated rings. The zero-order valence-electron chi connectivity index (χ0n) is 14.1. The molecule has 0 aliphatic rings. The molecule has 1 amide bonds. The summed E-state index contributed by atoms with van der Waals surface area (Å²) in [4.78, 5) is 12.3. The standard InChI is InChI=1S/C18H16FN3O4/c1-11(25-15-6-4-3-5-14(15)19)18(23)20-17-16(21-26-22-17)12-7-9-13(24-2)10-8-12/h3-11H,1-2H3,(H,20,22,23)/t11-/m1/s1. The third-order valence-electron chi connectivity index (χ3n) is 3.60. The maximum Gasteiger partial charge on any atom is 0.266 e. The van der Waals surface area contributed by atoms with Gasteiger partial charge in [0, 0.05) is 5.56 Å². The highest BCUT2D eigenvalue weighted by molar-refractivity contribution is 5.95. The Morgan fingerprint density at radius 3 is 2.58 bits per heavy atom. The van der Waals surface area contributed by atoms with Crippen LogP contribution in [0.1, 0.15) is 6.92 Å². The number of amides is 1. The first kappa shape index (κ1) is 17.4. The minimum atomic E-state index is -0.952. The van der Waals surface area contributed by atoms with Crippen LogP contribution in [0.2, 0.25) is 0 Å². The van der Waals surface area contributed by atoms with Crippen LogP contribution in [-0.4, -0.2) is 29.4 Å². The highest BCUT2D eigenvalue weighted by Crippen LogP contribution is 2.26. The molecule has 26 heavy (non-hydrogen) atoms. The predicted molar refractivity (Wildman–Crippen MR) is 91.4 cm³/mol. The molecule has 0 aliphatic carbocycles. The molecular formula is C18H16FN3O4. The first-order valence-corrected chi connectivity index (χ1v) is 7.77. The normalized spacial score (nSPS) is 11.7. The first-order chi connectivity index (χ1) is 12.6. The maximum atomic E-state index is 13.6. The zero-order valence-corrected chi connectivity index (χ0v) is 14.1. The Kier molecular flexibility index (Phi) is 5.12. The van der Waals surface area contributed by atoms with Crippen molar-refractivity contribution in [3.8, 4) is 22.8 Å². The Labute approximate surface area is 148 Å². The second-order valence-electron chi connectivity index (χ2n) is 5.37. The average Bonchev–Trinajstić information content (AvgIpc) is 3.11. The molecule has 0 saturated carbocycles. The lowest BCUT2D eigenvalue weighted by Crippen LogP contribution is -2.30. The van der Waals surface area contributed by atoms with Crippen molar-refractivity contribution >= 4 is 11.7 Å². The van der Waals surface area contributed by atoms with Crippen LogP contribution in [0.4, 0.5) is 10.2 Å².